The van der Waals surface area contributed by atoms with Gasteiger partial charge in [-0.05, 0) is 54.9 Å². The molecule has 4 nitrogen and oxygen atoms in total. The molecule has 1 saturated carbocycles. The highest BCUT2D eigenvalue weighted by molar-refractivity contribution is 5.68. The third-order valence-corrected chi connectivity index (χ3v) is 7.21. The van der Waals surface area contributed by atoms with Crippen molar-refractivity contribution in [2.45, 2.75) is 51.0 Å². The summed E-state index contributed by atoms with van der Waals surface area (Å²) in [6.07, 6.45) is 8.13. The number of rotatable bonds is 3. The Kier molecular flexibility index (Phi) is 5.01. The highest BCUT2D eigenvalue weighted by atomic mass is 16.1. The van der Waals surface area contributed by atoms with E-state index in [2.05, 4.69) is 17.0 Å². The zero-order valence-electron chi connectivity index (χ0n) is 17.0. The van der Waals surface area contributed by atoms with E-state index in [0.29, 0.717) is 17.4 Å². The lowest BCUT2D eigenvalue weighted by Gasteiger charge is -2.44. The van der Waals surface area contributed by atoms with Gasteiger partial charge >= 0.3 is 0 Å². The summed E-state index contributed by atoms with van der Waals surface area (Å²) >= 11 is 0. The number of aromatic nitrogens is 1. The summed E-state index contributed by atoms with van der Waals surface area (Å²) in [4.78, 5) is 15.4. The zero-order chi connectivity index (χ0) is 19.8. The number of fused-ring (bicyclic) bond motifs is 4. The molecule has 1 aromatic carbocycles. The molecule has 29 heavy (non-hydrogen) atoms. The molecule has 2 bridgehead atoms. The number of hydrogen-bond acceptors (Lipinski definition) is 3. The first-order valence-electron chi connectivity index (χ1n) is 11.2. The van der Waals surface area contributed by atoms with Crippen molar-refractivity contribution in [3.63, 3.8) is 0 Å². The van der Waals surface area contributed by atoms with Crippen LogP contribution >= 0.6 is 0 Å². The quantitative estimate of drug-likeness (QED) is 0.785. The monoisotopic (exact) mass is 387 g/mol. The lowest BCUT2D eigenvalue weighted by molar-refractivity contribution is 0.0970. The number of piperidine rings is 1. The van der Waals surface area contributed by atoms with Crippen LogP contribution in [0.5, 0.6) is 0 Å². The van der Waals surface area contributed by atoms with Gasteiger partial charge in [0.1, 0.15) is 0 Å². The van der Waals surface area contributed by atoms with Crippen molar-refractivity contribution >= 4 is 0 Å². The molecule has 0 N–H and O–H groups in total. The maximum absolute atomic E-state index is 12.7. The number of benzene rings is 1. The normalized spacial score (nSPS) is 24.7. The van der Waals surface area contributed by atoms with Gasteiger partial charge in [0.05, 0.1) is 11.6 Å². The SMILES string of the molecule is N#Cc1cccc(-c2ccc(=O)n3c2[C@H]2C[C@@H](CN(CC4CCCCC4)C2)C3)c1. The van der Waals surface area contributed by atoms with Crippen molar-refractivity contribution in [3.05, 3.63) is 58.0 Å². The molecule has 0 spiro atoms. The number of pyridine rings is 1. The molecule has 2 aliphatic heterocycles. The standard InChI is InChI=1S/C25H29N3O/c26-13-19-7-4-8-21(11-19)23-9-10-24(29)28-16-20-12-22(25(23)28)17-27(15-20)14-18-5-2-1-3-6-18/h4,7-11,18,20,22H,1-3,5-6,12,14-17H2/t20-,22-/m0/s1. The number of likely N-dealkylation sites (tertiary alicyclic amines) is 1. The van der Waals surface area contributed by atoms with E-state index in [1.165, 1.54) is 50.8 Å². The first kappa shape index (κ1) is 18.6. The van der Waals surface area contributed by atoms with Gasteiger partial charge in [-0.25, -0.2) is 0 Å². The van der Waals surface area contributed by atoms with Gasteiger partial charge in [-0.3, -0.25) is 4.79 Å². The van der Waals surface area contributed by atoms with Crippen LogP contribution in [0.25, 0.3) is 11.1 Å². The lowest BCUT2D eigenvalue weighted by Crippen LogP contribution is -2.48. The molecule has 4 heteroatoms. The summed E-state index contributed by atoms with van der Waals surface area (Å²) in [5.41, 5.74) is 4.16. The molecule has 5 rings (SSSR count). The molecule has 1 aliphatic carbocycles. The summed E-state index contributed by atoms with van der Waals surface area (Å²) in [5, 5.41) is 9.31. The minimum Gasteiger partial charge on any atom is -0.311 e. The Bertz CT molecular complexity index is 996. The van der Waals surface area contributed by atoms with Crippen molar-refractivity contribution in [2.24, 2.45) is 11.8 Å². The largest absolute Gasteiger partial charge is 0.311 e. The van der Waals surface area contributed by atoms with Gasteiger partial charge in [-0.1, -0.05) is 31.4 Å². The minimum absolute atomic E-state index is 0.121. The van der Waals surface area contributed by atoms with E-state index in [-0.39, 0.29) is 5.56 Å². The summed E-state index contributed by atoms with van der Waals surface area (Å²) in [5.74, 6) is 1.83. The third kappa shape index (κ3) is 3.65. The van der Waals surface area contributed by atoms with Crippen LogP contribution in [0.2, 0.25) is 0 Å². The highest BCUT2D eigenvalue weighted by Crippen LogP contribution is 2.40. The van der Waals surface area contributed by atoms with E-state index in [1.54, 1.807) is 6.07 Å². The van der Waals surface area contributed by atoms with E-state index in [1.807, 2.05) is 28.8 Å². The van der Waals surface area contributed by atoms with Gasteiger partial charge < -0.3 is 9.47 Å². The molecule has 150 valence electrons. The topological polar surface area (TPSA) is 49.0 Å². The van der Waals surface area contributed by atoms with Gasteiger partial charge in [-0.15, -0.1) is 0 Å². The average Bonchev–Trinajstić information content (AvgIpc) is 2.75. The maximum Gasteiger partial charge on any atom is 0.250 e. The van der Waals surface area contributed by atoms with Crippen molar-refractivity contribution in [2.75, 3.05) is 19.6 Å². The summed E-state index contributed by atoms with van der Waals surface area (Å²) in [6, 6.07) is 13.7. The Labute approximate surface area is 172 Å². The fraction of sp³-hybridized carbons (Fsp3) is 0.520. The fourth-order valence-corrected chi connectivity index (χ4v) is 6.00. The van der Waals surface area contributed by atoms with Crippen molar-refractivity contribution in [3.8, 4) is 17.2 Å². The summed E-state index contributed by atoms with van der Waals surface area (Å²) in [7, 11) is 0. The molecule has 0 amide bonds. The second kappa shape index (κ2) is 7.80. The molecule has 2 aromatic rings. The zero-order valence-corrected chi connectivity index (χ0v) is 17.0. The van der Waals surface area contributed by atoms with Crippen LogP contribution in [0.15, 0.2) is 41.2 Å². The number of nitriles is 1. The second-order valence-electron chi connectivity index (χ2n) is 9.29. The Morgan fingerprint density at radius 3 is 2.72 bits per heavy atom. The van der Waals surface area contributed by atoms with Gasteiger partial charge in [0.15, 0.2) is 0 Å². The first-order chi connectivity index (χ1) is 14.2. The van der Waals surface area contributed by atoms with E-state index in [9.17, 15) is 10.1 Å². The lowest BCUT2D eigenvalue weighted by atomic mass is 9.79. The van der Waals surface area contributed by atoms with E-state index in [0.717, 1.165) is 36.7 Å². The predicted octanol–water partition coefficient (Wildman–Crippen LogP) is 4.39. The first-order valence-corrected chi connectivity index (χ1v) is 11.2. The molecule has 3 heterocycles. The fourth-order valence-electron chi connectivity index (χ4n) is 6.00. The Morgan fingerprint density at radius 2 is 1.90 bits per heavy atom. The van der Waals surface area contributed by atoms with Crippen molar-refractivity contribution in [1.29, 1.82) is 5.26 Å². The van der Waals surface area contributed by atoms with Crippen LogP contribution in [0, 0.1) is 23.2 Å². The number of hydrogen-bond donors (Lipinski definition) is 0. The molecule has 2 atom stereocenters. The maximum atomic E-state index is 12.7. The van der Waals surface area contributed by atoms with Gasteiger partial charge in [-0.2, -0.15) is 5.26 Å². The van der Waals surface area contributed by atoms with E-state index >= 15 is 0 Å². The Hall–Kier alpha value is -2.38. The average molecular weight is 388 g/mol. The van der Waals surface area contributed by atoms with Crippen LogP contribution in [-0.4, -0.2) is 29.1 Å². The molecular weight excluding hydrogens is 358 g/mol. The Morgan fingerprint density at radius 1 is 1.03 bits per heavy atom. The van der Waals surface area contributed by atoms with Crippen LogP contribution < -0.4 is 5.56 Å². The number of nitrogens with zero attached hydrogens (tertiary/aromatic N) is 3. The smallest absolute Gasteiger partial charge is 0.250 e. The summed E-state index contributed by atoms with van der Waals surface area (Å²) < 4.78 is 2.03. The van der Waals surface area contributed by atoms with Gasteiger partial charge in [0.25, 0.3) is 5.56 Å². The second-order valence-corrected chi connectivity index (χ2v) is 9.29. The molecule has 1 saturated heterocycles. The van der Waals surface area contributed by atoms with Crippen LogP contribution in [0.4, 0.5) is 0 Å². The van der Waals surface area contributed by atoms with Crippen LogP contribution in [0.1, 0.15) is 55.7 Å². The molecular formula is C25H29N3O. The third-order valence-electron chi connectivity index (χ3n) is 7.21. The van der Waals surface area contributed by atoms with Crippen molar-refractivity contribution in [1.82, 2.24) is 9.47 Å². The van der Waals surface area contributed by atoms with E-state index in [4.69, 9.17) is 0 Å². The molecule has 3 aliphatic rings. The van der Waals surface area contributed by atoms with Crippen LogP contribution in [-0.2, 0) is 6.54 Å². The minimum atomic E-state index is 0.121. The molecule has 2 fully saturated rings. The summed E-state index contributed by atoms with van der Waals surface area (Å²) in [6.45, 7) is 4.25. The van der Waals surface area contributed by atoms with Gasteiger partial charge in [0, 0.05) is 49.4 Å². The highest BCUT2D eigenvalue weighted by Gasteiger charge is 2.36. The van der Waals surface area contributed by atoms with Gasteiger partial charge in [0.2, 0.25) is 0 Å². The Balaban J connectivity index is 1.48. The van der Waals surface area contributed by atoms with Crippen molar-refractivity contribution < 1.29 is 0 Å². The molecule has 0 unspecified atom stereocenters. The predicted molar refractivity (Wildman–Crippen MR) is 115 cm³/mol. The molecule has 1 aromatic heterocycles. The van der Waals surface area contributed by atoms with E-state index < -0.39 is 0 Å². The molecule has 0 radical (unpaired) electrons. The van der Waals surface area contributed by atoms with Crippen LogP contribution in [0.3, 0.4) is 0 Å².